The highest BCUT2D eigenvalue weighted by Crippen LogP contribution is 2.18. The molecule has 4 nitrogen and oxygen atoms in total. The maximum absolute atomic E-state index is 5.32. The molecule has 0 radical (unpaired) electrons. The molecule has 0 amide bonds. The third-order valence-electron chi connectivity index (χ3n) is 1.45. The van der Waals surface area contributed by atoms with Crippen LogP contribution < -0.4 is 0 Å². The lowest BCUT2D eigenvalue weighted by molar-refractivity contribution is 0.513. The lowest BCUT2D eigenvalue weighted by Gasteiger charge is -1.83. The highest BCUT2D eigenvalue weighted by Gasteiger charge is 2.06. The van der Waals surface area contributed by atoms with Crippen molar-refractivity contribution in [2.75, 3.05) is 0 Å². The summed E-state index contributed by atoms with van der Waals surface area (Å²) >= 11 is 1.37. The van der Waals surface area contributed by atoms with Gasteiger partial charge in [0.15, 0.2) is 0 Å². The fourth-order valence-electron chi connectivity index (χ4n) is 0.824. The fourth-order valence-corrected chi connectivity index (χ4v) is 1.33. The zero-order valence-corrected chi connectivity index (χ0v) is 7.34. The van der Waals surface area contributed by atoms with Crippen LogP contribution in [0.4, 0.5) is 0 Å². The minimum Gasteiger partial charge on any atom is -0.421 e. The number of hydrogen-bond donors (Lipinski definition) is 0. The van der Waals surface area contributed by atoms with Crippen LogP contribution in [-0.2, 0) is 6.42 Å². The van der Waals surface area contributed by atoms with Crippen molar-refractivity contribution in [3.8, 4) is 11.5 Å². The second-order valence-electron chi connectivity index (χ2n) is 2.27. The first-order chi connectivity index (χ1) is 5.90. The molecule has 2 heterocycles. The molecule has 0 N–H and O–H groups in total. The number of aromatic nitrogens is 3. The molecule has 0 aliphatic heterocycles. The van der Waals surface area contributed by atoms with Crippen molar-refractivity contribution >= 4 is 11.5 Å². The van der Waals surface area contributed by atoms with Gasteiger partial charge in [0, 0.05) is 11.8 Å². The van der Waals surface area contributed by atoms with E-state index < -0.39 is 0 Å². The summed E-state index contributed by atoms with van der Waals surface area (Å²) in [6, 6.07) is 0. The maximum Gasteiger partial charge on any atom is 0.250 e. The molecule has 0 bridgehead atoms. The van der Waals surface area contributed by atoms with E-state index >= 15 is 0 Å². The van der Waals surface area contributed by atoms with Gasteiger partial charge in [0.1, 0.15) is 0 Å². The van der Waals surface area contributed by atoms with Crippen molar-refractivity contribution in [3.05, 3.63) is 17.5 Å². The number of aryl methyl sites for hydroxylation is 1. The molecule has 0 aromatic carbocycles. The molecule has 0 fully saturated rings. The Labute approximate surface area is 73.4 Å². The van der Waals surface area contributed by atoms with Crippen LogP contribution in [0.3, 0.4) is 0 Å². The molecule has 2 aromatic rings. The van der Waals surface area contributed by atoms with Crippen LogP contribution in [0.15, 0.2) is 16.0 Å². The second-order valence-corrected chi connectivity index (χ2v) is 2.92. The van der Waals surface area contributed by atoms with E-state index in [-0.39, 0.29) is 0 Å². The monoisotopic (exact) mass is 181 g/mol. The van der Waals surface area contributed by atoms with E-state index in [0.717, 1.165) is 12.0 Å². The van der Waals surface area contributed by atoms with Crippen molar-refractivity contribution in [3.63, 3.8) is 0 Å². The standard InChI is InChI=1S/C7H7N3OS/c1-2-6-9-10-7(11-6)5-3-8-12-4-5/h3-4H,2H2,1H3. The smallest absolute Gasteiger partial charge is 0.250 e. The van der Waals surface area contributed by atoms with Gasteiger partial charge < -0.3 is 4.42 Å². The third kappa shape index (κ3) is 1.23. The fraction of sp³-hybridized carbons (Fsp3) is 0.286. The first-order valence-corrected chi connectivity index (χ1v) is 4.46. The largest absolute Gasteiger partial charge is 0.421 e. The molecule has 62 valence electrons. The van der Waals surface area contributed by atoms with Gasteiger partial charge in [-0.25, -0.2) is 4.37 Å². The molecule has 2 rings (SSSR count). The highest BCUT2D eigenvalue weighted by atomic mass is 32.1. The number of hydrogen-bond acceptors (Lipinski definition) is 5. The summed E-state index contributed by atoms with van der Waals surface area (Å²) in [5, 5.41) is 9.61. The quantitative estimate of drug-likeness (QED) is 0.708. The molecule has 0 spiro atoms. The van der Waals surface area contributed by atoms with Crippen LogP contribution in [0, 0.1) is 0 Å². The predicted molar refractivity (Wildman–Crippen MR) is 44.8 cm³/mol. The van der Waals surface area contributed by atoms with Crippen LogP contribution in [0.5, 0.6) is 0 Å². The van der Waals surface area contributed by atoms with Gasteiger partial charge in [-0.15, -0.1) is 10.2 Å². The Bertz CT molecular complexity index is 354. The van der Waals surface area contributed by atoms with E-state index in [4.69, 9.17) is 4.42 Å². The van der Waals surface area contributed by atoms with Crippen LogP contribution in [0.25, 0.3) is 11.5 Å². The van der Waals surface area contributed by atoms with E-state index in [1.807, 2.05) is 12.3 Å². The second kappa shape index (κ2) is 3.02. The van der Waals surface area contributed by atoms with Crippen LogP contribution in [0.1, 0.15) is 12.8 Å². The van der Waals surface area contributed by atoms with Crippen LogP contribution in [-0.4, -0.2) is 14.6 Å². The van der Waals surface area contributed by atoms with Crippen molar-refractivity contribution < 1.29 is 4.42 Å². The van der Waals surface area contributed by atoms with Gasteiger partial charge in [0.25, 0.3) is 0 Å². The molecule has 2 aromatic heterocycles. The van der Waals surface area contributed by atoms with E-state index in [0.29, 0.717) is 11.8 Å². The third-order valence-corrected chi connectivity index (χ3v) is 2.04. The topological polar surface area (TPSA) is 51.8 Å². The van der Waals surface area contributed by atoms with Gasteiger partial charge >= 0.3 is 0 Å². The Balaban J connectivity index is 2.35. The normalized spacial score (nSPS) is 10.4. The predicted octanol–water partition coefficient (Wildman–Crippen LogP) is 1.76. The molecular formula is C7H7N3OS. The number of rotatable bonds is 2. The summed E-state index contributed by atoms with van der Waals surface area (Å²) in [6.45, 7) is 1.98. The minimum atomic E-state index is 0.556. The lowest BCUT2D eigenvalue weighted by Crippen LogP contribution is -1.76. The van der Waals surface area contributed by atoms with Gasteiger partial charge in [-0.2, -0.15) is 0 Å². The van der Waals surface area contributed by atoms with Crippen molar-refractivity contribution in [1.29, 1.82) is 0 Å². The first-order valence-electron chi connectivity index (χ1n) is 3.62. The lowest BCUT2D eigenvalue weighted by atomic mass is 10.4. The van der Waals surface area contributed by atoms with E-state index in [1.54, 1.807) is 6.20 Å². The molecular weight excluding hydrogens is 174 g/mol. The van der Waals surface area contributed by atoms with Crippen LogP contribution in [0.2, 0.25) is 0 Å². The molecule has 0 saturated carbocycles. The molecule has 12 heavy (non-hydrogen) atoms. The molecule has 5 heteroatoms. The number of nitrogens with zero attached hydrogens (tertiary/aromatic N) is 3. The molecule has 0 aliphatic carbocycles. The summed E-state index contributed by atoms with van der Waals surface area (Å²) in [5.74, 6) is 1.22. The van der Waals surface area contributed by atoms with Crippen molar-refractivity contribution in [1.82, 2.24) is 14.6 Å². The van der Waals surface area contributed by atoms with Crippen molar-refractivity contribution in [2.24, 2.45) is 0 Å². The van der Waals surface area contributed by atoms with E-state index in [1.165, 1.54) is 11.5 Å². The highest BCUT2D eigenvalue weighted by molar-refractivity contribution is 7.03. The Morgan fingerprint density at radius 1 is 1.50 bits per heavy atom. The summed E-state index contributed by atoms with van der Waals surface area (Å²) in [6.07, 6.45) is 2.49. The van der Waals surface area contributed by atoms with Gasteiger partial charge in [0.05, 0.1) is 11.8 Å². The van der Waals surface area contributed by atoms with Gasteiger partial charge in [-0.3, -0.25) is 0 Å². The molecule has 0 saturated heterocycles. The Kier molecular flexibility index (Phi) is 1.87. The zero-order valence-electron chi connectivity index (χ0n) is 6.52. The SMILES string of the molecule is CCc1nnc(-c2cnsc2)o1. The van der Waals surface area contributed by atoms with Gasteiger partial charge in [-0.05, 0) is 11.5 Å². The molecule has 0 unspecified atom stereocenters. The summed E-state index contributed by atoms with van der Waals surface area (Å²) in [4.78, 5) is 0. The van der Waals surface area contributed by atoms with Crippen molar-refractivity contribution in [2.45, 2.75) is 13.3 Å². The Morgan fingerprint density at radius 2 is 2.42 bits per heavy atom. The maximum atomic E-state index is 5.32. The summed E-state index contributed by atoms with van der Waals surface area (Å²) in [5.41, 5.74) is 0.896. The van der Waals surface area contributed by atoms with E-state index in [2.05, 4.69) is 14.6 Å². The Hall–Kier alpha value is -1.23. The first kappa shape index (κ1) is 7.42. The van der Waals surface area contributed by atoms with Gasteiger partial charge in [0.2, 0.25) is 11.8 Å². The average molecular weight is 181 g/mol. The van der Waals surface area contributed by atoms with Crippen LogP contribution >= 0.6 is 11.5 Å². The summed E-state index contributed by atoms with van der Waals surface area (Å²) in [7, 11) is 0. The molecule has 0 atom stereocenters. The minimum absolute atomic E-state index is 0.556. The summed E-state index contributed by atoms with van der Waals surface area (Å²) < 4.78 is 9.27. The zero-order chi connectivity index (χ0) is 8.39. The van der Waals surface area contributed by atoms with Gasteiger partial charge in [-0.1, -0.05) is 6.92 Å². The van der Waals surface area contributed by atoms with E-state index in [9.17, 15) is 0 Å². The molecule has 0 aliphatic rings. The Morgan fingerprint density at radius 3 is 3.00 bits per heavy atom. The average Bonchev–Trinajstić information content (AvgIpc) is 2.75.